The van der Waals surface area contributed by atoms with E-state index >= 15 is 0 Å². The van der Waals surface area contributed by atoms with Crippen LogP contribution in [0.4, 0.5) is 0 Å². The number of hydrogen-bond donors (Lipinski definition) is 2. The highest BCUT2D eigenvalue weighted by Gasteiger charge is 2.18. The third kappa shape index (κ3) is 4.70. The minimum absolute atomic E-state index is 0.320. The molecule has 1 unspecified atom stereocenters. The number of hydrogen-bond acceptors (Lipinski definition) is 5. The Balaban J connectivity index is 1.79. The van der Waals surface area contributed by atoms with Gasteiger partial charge in [-0.15, -0.1) is 0 Å². The average Bonchev–Trinajstić information content (AvgIpc) is 2.54. The first-order chi connectivity index (χ1) is 10.2. The van der Waals surface area contributed by atoms with Crippen LogP contribution in [0.5, 0.6) is 5.75 Å². The molecule has 116 valence electrons. The summed E-state index contributed by atoms with van der Waals surface area (Å²) in [6.45, 7) is 3.48. The highest BCUT2D eigenvalue weighted by atomic mass is 16.5. The molecule has 0 radical (unpaired) electrons. The Labute approximate surface area is 125 Å². The molecule has 1 aromatic rings. The number of methoxy groups -OCH3 is 1. The van der Waals surface area contributed by atoms with E-state index in [0.717, 1.165) is 32.5 Å². The smallest absolute Gasteiger partial charge is 0.265 e. The molecule has 0 spiro atoms. The van der Waals surface area contributed by atoms with E-state index in [9.17, 15) is 4.79 Å². The van der Waals surface area contributed by atoms with Gasteiger partial charge in [0.05, 0.1) is 6.10 Å². The molecule has 1 atom stereocenters. The summed E-state index contributed by atoms with van der Waals surface area (Å²) >= 11 is 0. The lowest BCUT2D eigenvalue weighted by atomic mass is 10.1. The van der Waals surface area contributed by atoms with Crippen LogP contribution in [0.15, 0.2) is 24.3 Å². The zero-order valence-corrected chi connectivity index (χ0v) is 12.4. The van der Waals surface area contributed by atoms with Crippen LogP contribution in [0.25, 0.3) is 0 Å². The number of likely N-dealkylation sites (tertiary alicyclic amines) is 1. The molecule has 6 nitrogen and oxygen atoms in total. The van der Waals surface area contributed by atoms with Gasteiger partial charge in [-0.05, 0) is 37.6 Å². The molecule has 0 aliphatic carbocycles. The monoisotopic (exact) mass is 293 g/mol. The molecule has 1 saturated heterocycles. The van der Waals surface area contributed by atoms with Crippen LogP contribution < -0.4 is 16.0 Å². The van der Waals surface area contributed by atoms with Crippen molar-refractivity contribution in [1.29, 1.82) is 0 Å². The molecular formula is C15H23N3O3. The topological polar surface area (TPSA) is 76.8 Å². The molecule has 1 fully saturated rings. The number of nitrogens with zero attached hydrogens (tertiary/aromatic N) is 1. The maximum Gasteiger partial charge on any atom is 0.265 e. The van der Waals surface area contributed by atoms with E-state index in [1.165, 1.54) is 0 Å². The lowest BCUT2D eigenvalue weighted by Crippen LogP contribution is -2.41. The third-order valence-electron chi connectivity index (χ3n) is 3.70. The molecule has 0 saturated carbocycles. The molecule has 3 N–H and O–H groups in total. The van der Waals surface area contributed by atoms with Crippen LogP contribution in [-0.4, -0.2) is 50.3 Å². The summed E-state index contributed by atoms with van der Waals surface area (Å²) in [6, 6.07) is 7.00. The minimum atomic E-state index is -0.320. The highest BCUT2D eigenvalue weighted by Crippen LogP contribution is 2.15. The van der Waals surface area contributed by atoms with E-state index in [1.54, 1.807) is 25.3 Å². The summed E-state index contributed by atoms with van der Waals surface area (Å²) in [5.41, 5.74) is 2.60. The van der Waals surface area contributed by atoms with Gasteiger partial charge in [-0.2, -0.15) is 0 Å². The normalized spacial score (nSPS) is 19.2. The number of ether oxygens (including phenoxy) is 2. The molecule has 1 aromatic carbocycles. The lowest BCUT2D eigenvalue weighted by molar-refractivity contribution is 0.0272. The Hall–Kier alpha value is -1.63. The van der Waals surface area contributed by atoms with E-state index < -0.39 is 0 Å². The second-order valence-corrected chi connectivity index (χ2v) is 5.15. The van der Waals surface area contributed by atoms with Crippen molar-refractivity contribution in [3.05, 3.63) is 29.8 Å². The number of rotatable bonds is 6. The largest absolute Gasteiger partial charge is 0.492 e. The Morgan fingerprint density at radius 3 is 3.14 bits per heavy atom. The summed E-state index contributed by atoms with van der Waals surface area (Å²) in [7, 11) is 1.76. The Kier molecular flexibility index (Phi) is 5.98. The maximum absolute atomic E-state index is 11.4. The van der Waals surface area contributed by atoms with Gasteiger partial charge in [0.2, 0.25) is 0 Å². The van der Waals surface area contributed by atoms with E-state index in [0.29, 0.717) is 24.0 Å². The average molecular weight is 293 g/mol. The second kappa shape index (κ2) is 7.97. The third-order valence-corrected chi connectivity index (χ3v) is 3.70. The van der Waals surface area contributed by atoms with Gasteiger partial charge in [0.1, 0.15) is 12.4 Å². The first kappa shape index (κ1) is 15.8. The molecule has 21 heavy (non-hydrogen) atoms. The number of benzene rings is 1. The number of carbonyl (C=O) groups excluding carboxylic acids is 1. The summed E-state index contributed by atoms with van der Waals surface area (Å²) in [5, 5.41) is 0. The van der Waals surface area contributed by atoms with Gasteiger partial charge in [-0.25, -0.2) is 5.84 Å². The quantitative estimate of drug-likeness (QED) is 0.460. The Bertz CT molecular complexity index is 467. The zero-order chi connectivity index (χ0) is 15.1. The number of carbonyl (C=O) groups is 1. The predicted octanol–water partition coefficient (Wildman–Crippen LogP) is 0.780. The zero-order valence-electron chi connectivity index (χ0n) is 12.4. The first-order valence-electron chi connectivity index (χ1n) is 7.22. The molecule has 2 rings (SSSR count). The summed E-state index contributed by atoms with van der Waals surface area (Å²) < 4.78 is 11.1. The van der Waals surface area contributed by atoms with Crippen molar-refractivity contribution in [1.82, 2.24) is 10.3 Å². The van der Waals surface area contributed by atoms with Crippen molar-refractivity contribution in [3.63, 3.8) is 0 Å². The van der Waals surface area contributed by atoms with Crippen LogP contribution in [0.2, 0.25) is 0 Å². The molecule has 1 aliphatic rings. The number of amides is 1. The van der Waals surface area contributed by atoms with E-state index in [4.69, 9.17) is 15.3 Å². The number of nitrogens with two attached hydrogens (primary N) is 1. The summed E-state index contributed by atoms with van der Waals surface area (Å²) in [5.74, 6) is 5.48. The number of nitrogen functional groups attached to an aromatic ring is 1. The lowest BCUT2D eigenvalue weighted by Gasteiger charge is -2.31. The maximum atomic E-state index is 11.4. The van der Waals surface area contributed by atoms with Crippen molar-refractivity contribution < 1.29 is 14.3 Å². The number of hydrazine groups is 1. The van der Waals surface area contributed by atoms with E-state index in [-0.39, 0.29) is 5.91 Å². The van der Waals surface area contributed by atoms with Gasteiger partial charge in [0.25, 0.3) is 5.91 Å². The van der Waals surface area contributed by atoms with E-state index in [2.05, 4.69) is 10.3 Å². The van der Waals surface area contributed by atoms with Crippen LogP contribution in [-0.2, 0) is 4.74 Å². The molecular weight excluding hydrogens is 270 g/mol. The second-order valence-electron chi connectivity index (χ2n) is 5.15. The molecule has 0 aromatic heterocycles. The molecule has 0 bridgehead atoms. The standard InChI is InChI=1S/C15H23N3O3/c1-20-14-6-3-7-18(11-14)8-9-21-13-5-2-4-12(10-13)15(19)17-16/h2,4-5,10,14H,3,6-9,11,16H2,1H3,(H,17,19). The van der Waals surface area contributed by atoms with Crippen molar-refractivity contribution in [2.24, 2.45) is 5.84 Å². The van der Waals surface area contributed by atoms with Crippen molar-refractivity contribution in [2.75, 3.05) is 33.4 Å². The van der Waals surface area contributed by atoms with Gasteiger partial charge in [-0.3, -0.25) is 15.1 Å². The van der Waals surface area contributed by atoms with Gasteiger partial charge >= 0.3 is 0 Å². The van der Waals surface area contributed by atoms with Crippen LogP contribution in [0, 0.1) is 0 Å². The van der Waals surface area contributed by atoms with Crippen LogP contribution in [0.1, 0.15) is 23.2 Å². The minimum Gasteiger partial charge on any atom is -0.492 e. The first-order valence-corrected chi connectivity index (χ1v) is 7.22. The fourth-order valence-electron chi connectivity index (χ4n) is 2.51. The van der Waals surface area contributed by atoms with Gasteiger partial charge in [0.15, 0.2) is 0 Å². The van der Waals surface area contributed by atoms with Crippen LogP contribution in [0.3, 0.4) is 0 Å². The number of piperidine rings is 1. The van der Waals surface area contributed by atoms with Crippen LogP contribution >= 0.6 is 0 Å². The summed E-state index contributed by atoms with van der Waals surface area (Å²) in [4.78, 5) is 13.8. The van der Waals surface area contributed by atoms with Gasteiger partial charge in [-0.1, -0.05) is 6.07 Å². The van der Waals surface area contributed by atoms with E-state index in [1.807, 2.05) is 6.07 Å². The fraction of sp³-hybridized carbons (Fsp3) is 0.533. The predicted molar refractivity (Wildman–Crippen MR) is 80.1 cm³/mol. The SMILES string of the molecule is COC1CCCN(CCOc2cccc(C(=O)NN)c2)C1. The summed E-state index contributed by atoms with van der Waals surface area (Å²) in [6.07, 6.45) is 2.62. The molecule has 6 heteroatoms. The fourth-order valence-corrected chi connectivity index (χ4v) is 2.51. The molecule has 1 amide bonds. The Morgan fingerprint density at radius 2 is 2.38 bits per heavy atom. The van der Waals surface area contributed by atoms with Gasteiger partial charge in [0, 0.05) is 25.8 Å². The number of nitrogens with one attached hydrogen (secondary N) is 1. The highest BCUT2D eigenvalue weighted by molar-refractivity contribution is 5.94. The molecule has 1 heterocycles. The van der Waals surface area contributed by atoms with Crippen molar-refractivity contribution in [2.45, 2.75) is 18.9 Å². The Morgan fingerprint density at radius 1 is 1.52 bits per heavy atom. The van der Waals surface area contributed by atoms with Crippen molar-refractivity contribution in [3.8, 4) is 5.75 Å². The van der Waals surface area contributed by atoms with Crippen molar-refractivity contribution >= 4 is 5.91 Å². The molecule has 1 aliphatic heterocycles. The van der Waals surface area contributed by atoms with Gasteiger partial charge < -0.3 is 9.47 Å².